The van der Waals surface area contributed by atoms with Gasteiger partial charge in [-0.1, -0.05) is 56.3 Å². The van der Waals surface area contributed by atoms with E-state index in [1.807, 2.05) is 48.5 Å². The molecule has 228 valence electrons. The van der Waals surface area contributed by atoms with Gasteiger partial charge in [-0.05, 0) is 78.9 Å². The topological polar surface area (TPSA) is 78.0 Å². The van der Waals surface area contributed by atoms with Crippen molar-refractivity contribution < 1.29 is 28.2 Å². The molecule has 3 aromatic carbocycles. The Labute approximate surface area is 256 Å². The lowest BCUT2D eigenvalue weighted by molar-refractivity contribution is -0.153. The molecule has 1 saturated carbocycles. The number of ether oxygens (including phenoxy) is 3. The van der Waals surface area contributed by atoms with E-state index >= 15 is 0 Å². The highest BCUT2D eigenvalue weighted by atomic mass is 19.1. The van der Waals surface area contributed by atoms with Crippen LogP contribution in [0, 0.1) is 11.2 Å². The number of pyridine rings is 1. The van der Waals surface area contributed by atoms with E-state index in [4.69, 9.17) is 19.2 Å². The first-order valence-electron chi connectivity index (χ1n) is 15.3. The van der Waals surface area contributed by atoms with Gasteiger partial charge in [0.05, 0.1) is 17.7 Å². The van der Waals surface area contributed by atoms with Crippen LogP contribution in [0.5, 0.6) is 11.6 Å². The highest BCUT2D eigenvalue weighted by Crippen LogP contribution is 2.51. The van der Waals surface area contributed by atoms with Crippen molar-refractivity contribution >= 4 is 22.6 Å². The van der Waals surface area contributed by atoms with Crippen LogP contribution < -0.4 is 9.47 Å². The zero-order chi connectivity index (χ0) is 30.8. The molecule has 44 heavy (non-hydrogen) atoms. The molecule has 1 aliphatic carbocycles. The van der Waals surface area contributed by atoms with Gasteiger partial charge in [0.25, 0.3) is 0 Å². The molecule has 0 bridgehead atoms. The number of halogens is 1. The fraction of sp³-hybridized carbons (Fsp3) is 0.361. The number of aromatic nitrogens is 1. The number of benzene rings is 3. The second-order valence-corrected chi connectivity index (χ2v) is 12.0. The molecule has 6 rings (SSSR count). The van der Waals surface area contributed by atoms with Crippen LogP contribution in [0.25, 0.3) is 21.9 Å². The van der Waals surface area contributed by atoms with E-state index in [1.54, 1.807) is 24.0 Å². The first-order chi connectivity index (χ1) is 21.3. The predicted octanol–water partition coefficient (Wildman–Crippen LogP) is 7.07. The SMILES string of the molecule is CCOC(=O)CN1CCC2(CC(Oc3nc(C(C)C)c(-c4ccc(F)cc4)c4ccc(OCc5ccccc5)cc34)C2)C1=O. The minimum Gasteiger partial charge on any atom is -0.489 e. The van der Waals surface area contributed by atoms with Crippen LogP contribution in [-0.2, 0) is 20.9 Å². The van der Waals surface area contributed by atoms with Crippen molar-refractivity contribution in [2.75, 3.05) is 19.7 Å². The van der Waals surface area contributed by atoms with Crippen molar-refractivity contribution in [3.05, 3.63) is 89.9 Å². The highest BCUT2D eigenvalue weighted by Gasteiger charge is 2.56. The summed E-state index contributed by atoms with van der Waals surface area (Å²) in [5.41, 5.74) is 3.21. The predicted molar refractivity (Wildman–Crippen MR) is 166 cm³/mol. The minimum absolute atomic E-state index is 0.00524. The first-order valence-corrected chi connectivity index (χ1v) is 15.3. The van der Waals surface area contributed by atoms with Gasteiger partial charge in [-0.15, -0.1) is 0 Å². The molecule has 0 radical (unpaired) electrons. The average molecular weight is 597 g/mol. The van der Waals surface area contributed by atoms with Crippen LogP contribution >= 0.6 is 0 Å². The molecule has 0 atom stereocenters. The van der Waals surface area contributed by atoms with Gasteiger partial charge in [0, 0.05) is 17.5 Å². The molecule has 0 unspecified atom stereocenters. The zero-order valence-corrected chi connectivity index (χ0v) is 25.3. The van der Waals surface area contributed by atoms with E-state index in [9.17, 15) is 14.0 Å². The van der Waals surface area contributed by atoms with Gasteiger partial charge in [-0.3, -0.25) is 9.59 Å². The molecule has 1 aromatic heterocycles. The molecule has 2 fully saturated rings. The van der Waals surface area contributed by atoms with Crippen LogP contribution in [-0.4, -0.2) is 47.6 Å². The normalized spacial score (nSPS) is 19.4. The number of likely N-dealkylation sites (tertiary alicyclic amines) is 1. The van der Waals surface area contributed by atoms with Gasteiger partial charge in [0.15, 0.2) is 0 Å². The van der Waals surface area contributed by atoms with E-state index in [0.29, 0.717) is 50.7 Å². The summed E-state index contributed by atoms with van der Waals surface area (Å²) in [5, 5.41) is 1.73. The van der Waals surface area contributed by atoms with E-state index in [2.05, 4.69) is 13.8 Å². The van der Waals surface area contributed by atoms with E-state index in [-0.39, 0.29) is 36.3 Å². The fourth-order valence-electron chi connectivity index (χ4n) is 6.38. The lowest BCUT2D eigenvalue weighted by Gasteiger charge is -2.43. The smallest absolute Gasteiger partial charge is 0.325 e. The quantitative estimate of drug-likeness (QED) is 0.182. The van der Waals surface area contributed by atoms with E-state index in [0.717, 1.165) is 33.2 Å². The molecule has 7 nitrogen and oxygen atoms in total. The third-order valence-electron chi connectivity index (χ3n) is 8.64. The molecule has 1 amide bonds. The minimum atomic E-state index is -0.508. The van der Waals surface area contributed by atoms with Gasteiger partial charge in [0.1, 0.15) is 30.8 Å². The van der Waals surface area contributed by atoms with Crippen molar-refractivity contribution in [3.8, 4) is 22.8 Å². The molecule has 1 saturated heterocycles. The third kappa shape index (κ3) is 5.85. The molecular formula is C36H37FN2O5. The molecule has 0 N–H and O–H groups in total. The van der Waals surface area contributed by atoms with Crippen molar-refractivity contribution in [2.45, 2.75) is 58.7 Å². The van der Waals surface area contributed by atoms with Crippen molar-refractivity contribution in [2.24, 2.45) is 5.41 Å². The number of hydrogen-bond donors (Lipinski definition) is 0. The second-order valence-electron chi connectivity index (χ2n) is 12.0. The number of rotatable bonds is 10. The standard InChI is InChI=1S/C36H37FN2O5/c1-4-42-31(40)21-39-17-16-36(35(39)41)19-28(20-36)44-34-30-18-27(43-22-24-8-6-5-7-9-24)14-15-29(30)32(33(38-34)23(2)3)25-10-12-26(37)13-11-25/h5-15,18,23,28H,4,16-17,19-22H2,1-3H3. The Morgan fingerprint density at radius 1 is 1.05 bits per heavy atom. The summed E-state index contributed by atoms with van der Waals surface area (Å²) in [6.45, 7) is 7.15. The second kappa shape index (κ2) is 12.3. The number of amides is 1. The van der Waals surface area contributed by atoms with Gasteiger partial charge >= 0.3 is 5.97 Å². The maximum atomic E-state index is 13.9. The fourth-order valence-corrected chi connectivity index (χ4v) is 6.38. The molecule has 2 heterocycles. The number of fused-ring (bicyclic) bond motifs is 1. The monoisotopic (exact) mass is 596 g/mol. The van der Waals surface area contributed by atoms with Crippen molar-refractivity contribution in [3.63, 3.8) is 0 Å². The Morgan fingerprint density at radius 3 is 2.50 bits per heavy atom. The Hall–Kier alpha value is -4.46. The molecule has 2 aliphatic rings. The molecule has 4 aromatic rings. The lowest BCUT2D eigenvalue weighted by atomic mass is 9.65. The Balaban J connectivity index is 1.31. The van der Waals surface area contributed by atoms with Crippen LogP contribution in [0.15, 0.2) is 72.8 Å². The average Bonchev–Trinajstić information content (AvgIpc) is 3.32. The molecule has 1 aliphatic heterocycles. The number of esters is 1. The highest BCUT2D eigenvalue weighted by molar-refractivity contribution is 6.01. The summed E-state index contributed by atoms with van der Waals surface area (Å²) in [5.74, 6) is 0.559. The van der Waals surface area contributed by atoms with Gasteiger partial charge < -0.3 is 19.1 Å². The molecular weight excluding hydrogens is 559 g/mol. The van der Waals surface area contributed by atoms with Crippen LogP contribution in [0.4, 0.5) is 4.39 Å². The summed E-state index contributed by atoms with van der Waals surface area (Å²) in [6.07, 6.45) is 1.63. The maximum Gasteiger partial charge on any atom is 0.325 e. The number of hydrogen-bond acceptors (Lipinski definition) is 6. The summed E-state index contributed by atoms with van der Waals surface area (Å²) in [7, 11) is 0. The molecule has 1 spiro atoms. The van der Waals surface area contributed by atoms with Crippen LogP contribution in [0.2, 0.25) is 0 Å². The van der Waals surface area contributed by atoms with E-state index < -0.39 is 5.41 Å². The Morgan fingerprint density at radius 2 is 1.80 bits per heavy atom. The molecule has 8 heteroatoms. The number of carbonyl (C=O) groups excluding carboxylic acids is 2. The maximum absolute atomic E-state index is 13.9. The Bertz CT molecular complexity index is 1670. The van der Waals surface area contributed by atoms with Crippen LogP contribution in [0.1, 0.15) is 57.2 Å². The third-order valence-corrected chi connectivity index (χ3v) is 8.64. The lowest BCUT2D eigenvalue weighted by Crippen LogP contribution is -2.49. The zero-order valence-electron chi connectivity index (χ0n) is 25.3. The van der Waals surface area contributed by atoms with Crippen molar-refractivity contribution in [1.82, 2.24) is 9.88 Å². The van der Waals surface area contributed by atoms with Gasteiger partial charge in [-0.2, -0.15) is 0 Å². The van der Waals surface area contributed by atoms with Gasteiger partial charge in [0.2, 0.25) is 11.8 Å². The summed E-state index contributed by atoms with van der Waals surface area (Å²) >= 11 is 0. The first kappa shape index (κ1) is 29.6. The van der Waals surface area contributed by atoms with E-state index in [1.165, 1.54) is 12.1 Å². The Kier molecular flexibility index (Phi) is 8.25. The number of nitrogens with zero attached hydrogens (tertiary/aromatic N) is 2. The summed E-state index contributed by atoms with van der Waals surface area (Å²) < 4.78 is 31.7. The van der Waals surface area contributed by atoms with Crippen molar-refractivity contribution in [1.29, 1.82) is 0 Å². The number of carbonyl (C=O) groups is 2. The largest absolute Gasteiger partial charge is 0.489 e. The summed E-state index contributed by atoms with van der Waals surface area (Å²) in [6, 6.07) is 22.4. The van der Waals surface area contributed by atoms with Gasteiger partial charge in [-0.25, -0.2) is 9.37 Å². The van der Waals surface area contributed by atoms with Crippen LogP contribution in [0.3, 0.4) is 0 Å². The summed E-state index contributed by atoms with van der Waals surface area (Å²) in [4.78, 5) is 31.9.